The van der Waals surface area contributed by atoms with E-state index in [4.69, 9.17) is 10.5 Å². The van der Waals surface area contributed by atoms with E-state index in [-0.39, 0.29) is 17.0 Å². The van der Waals surface area contributed by atoms with Crippen molar-refractivity contribution in [3.63, 3.8) is 0 Å². The summed E-state index contributed by atoms with van der Waals surface area (Å²) in [7, 11) is -2.13. The van der Waals surface area contributed by atoms with E-state index in [2.05, 4.69) is 0 Å². The smallest absolute Gasteiger partial charge is 0.247 e. The first-order valence-corrected chi connectivity index (χ1v) is 8.70. The van der Waals surface area contributed by atoms with Crippen molar-refractivity contribution in [2.45, 2.75) is 57.0 Å². The van der Waals surface area contributed by atoms with Gasteiger partial charge >= 0.3 is 0 Å². The molecular weight excluding hydrogens is 288 g/mol. The van der Waals surface area contributed by atoms with Crippen LogP contribution in [0.25, 0.3) is 0 Å². The van der Waals surface area contributed by atoms with Gasteiger partial charge in [-0.25, -0.2) is 8.42 Å². The average Bonchev–Trinajstić information content (AvgIpc) is 2.40. The fourth-order valence-electron chi connectivity index (χ4n) is 3.02. The Balaban J connectivity index is 2.55. The molecule has 0 saturated carbocycles. The molecule has 2 N–H and O–H groups in total. The van der Waals surface area contributed by atoms with Crippen LogP contribution >= 0.6 is 0 Å². The van der Waals surface area contributed by atoms with Gasteiger partial charge in [0.2, 0.25) is 10.0 Å². The molecule has 1 aromatic carbocycles. The van der Waals surface area contributed by atoms with Crippen LogP contribution in [0.3, 0.4) is 0 Å². The second-order valence-electron chi connectivity index (χ2n) is 5.82. The Bertz CT molecular complexity index is 618. The first-order chi connectivity index (χ1) is 9.78. The highest BCUT2D eigenvalue weighted by molar-refractivity contribution is 7.89. The Hall–Kier alpha value is -1.27. The number of benzene rings is 1. The third-order valence-corrected chi connectivity index (χ3v) is 6.37. The van der Waals surface area contributed by atoms with Gasteiger partial charge in [-0.15, -0.1) is 0 Å². The van der Waals surface area contributed by atoms with Gasteiger partial charge in [-0.05, 0) is 51.3 Å². The molecule has 0 radical (unpaired) electrons. The summed E-state index contributed by atoms with van der Waals surface area (Å²) in [5.74, 6) is 0.353. The maximum atomic E-state index is 13.0. The van der Waals surface area contributed by atoms with Crippen molar-refractivity contribution in [1.82, 2.24) is 4.31 Å². The lowest BCUT2D eigenvalue weighted by atomic mass is 10.0. The van der Waals surface area contributed by atoms with Crippen molar-refractivity contribution in [2.75, 3.05) is 12.8 Å². The Kier molecular flexibility index (Phi) is 4.49. The fourth-order valence-corrected chi connectivity index (χ4v) is 5.08. The predicted octanol–water partition coefficient (Wildman–Crippen LogP) is 2.54. The summed E-state index contributed by atoms with van der Waals surface area (Å²) in [6.07, 6.45) is 2.82. The maximum absolute atomic E-state index is 13.0. The minimum absolute atomic E-state index is 0.00835. The number of nitrogens with two attached hydrogens (primary N) is 1. The molecule has 1 aliphatic rings. The summed E-state index contributed by atoms with van der Waals surface area (Å²) in [5.41, 5.74) is 7.18. The number of methoxy groups -OCH3 is 1. The summed E-state index contributed by atoms with van der Waals surface area (Å²) >= 11 is 0. The largest absolute Gasteiger partial charge is 0.495 e. The molecule has 1 saturated heterocycles. The third-order valence-electron chi connectivity index (χ3n) is 4.22. The van der Waals surface area contributed by atoms with Crippen LogP contribution in [0.5, 0.6) is 5.75 Å². The van der Waals surface area contributed by atoms with Gasteiger partial charge in [0.05, 0.1) is 7.11 Å². The minimum atomic E-state index is -3.61. The highest BCUT2D eigenvalue weighted by atomic mass is 32.2. The Morgan fingerprint density at radius 1 is 1.24 bits per heavy atom. The van der Waals surface area contributed by atoms with Gasteiger partial charge in [0, 0.05) is 17.8 Å². The molecule has 6 heteroatoms. The van der Waals surface area contributed by atoms with Crippen LogP contribution in [0.4, 0.5) is 5.69 Å². The number of nitrogen functional groups attached to an aromatic ring is 1. The second-order valence-corrected chi connectivity index (χ2v) is 7.64. The van der Waals surface area contributed by atoms with Crippen LogP contribution < -0.4 is 10.5 Å². The first kappa shape index (κ1) is 16.1. The first-order valence-electron chi connectivity index (χ1n) is 7.26. The molecule has 0 bridgehead atoms. The molecule has 5 nitrogen and oxygen atoms in total. The van der Waals surface area contributed by atoms with Crippen molar-refractivity contribution in [3.05, 3.63) is 17.7 Å². The standard InChI is InChI=1S/C15H24N2O3S/c1-10-8-14(20-4)15(9-13(10)16)21(18,19)17-11(2)6-5-7-12(17)3/h8-9,11-12H,5-7,16H2,1-4H3. The zero-order valence-electron chi connectivity index (χ0n) is 13.1. The van der Waals surface area contributed by atoms with E-state index in [0.29, 0.717) is 11.4 Å². The molecule has 0 aromatic heterocycles. The van der Waals surface area contributed by atoms with Crippen molar-refractivity contribution < 1.29 is 13.2 Å². The lowest BCUT2D eigenvalue weighted by molar-refractivity contribution is 0.203. The average molecular weight is 312 g/mol. The number of sulfonamides is 1. The quantitative estimate of drug-likeness (QED) is 0.871. The van der Waals surface area contributed by atoms with E-state index in [0.717, 1.165) is 24.8 Å². The minimum Gasteiger partial charge on any atom is -0.495 e. The van der Waals surface area contributed by atoms with Crippen LogP contribution in [0.2, 0.25) is 0 Å². The van der Waals surface area contributed by atoms with Crippen molar-refractivity contribution >= 4 is 15.7 Å². The molecule has 1 aromatic rings. The number of hydrogen-bond acceptors (Lipinski definition) is 4. The number of nitrogens with zero attached hydrogens (tertiary/aromatic N) is 1. The monoisotopic (exact) mass is 312 g/mol. The molecule has 1 heterocycles. The molecule has 2 rings (SSSR count). The highest BCUT2D eigenvalue weighted by Gasteiger charge is 2.37. The summed E-state index contributed by atoms with van der Waals surface area (Å²) in [6.45, 7) is 5.74. The van der Waals surface area contributed by atoms with E-state index in [1.807, 2.05) is 20.8 Å². The molecule has 2 unspecified atom stereocenters. The molecule has 1 aliphatic heterocycles. The molecule has 2 atom stereocenters. The number of hydrogen-bond donors (Lipinski definition) is 1. The number of piperidine rings is 1. The number of anilines is 1. The van der Waals surface area contributed by atoms with Gasteiger partial charge in [0.15, 0.2) is 0 Å². The molecule has 0 amide bonds. The normalized spacial score (nSPS) is 24.0. The van der Waals surface area contributed by atoms with Gasteiger partial charge in [0.25, 0.3) is 0 Å². The van der Waals surface area contributed by atoms with Gasteiger partial charge in [-0.2, -0.15) is 4.31 Å². The van der Waals surface area contributed by atoms with Crippen LogP contribution in [0, 0.1) is 6.92 Å². The summed E-state index contributed by atoms with van der Waals surface area (Å²) in [6, 6.07) is 3.18. The van der Waals surface area contributed by atoms with E-state index < -0.39 is 10.0 Å². The topological polar surface area (TPSA) is 72.6 Å². The van der Waals surface area contributed by atoms with Crippen molar-refractivity contribution in [3.8, 4) is 5.75 Å². The van der Waals surface area contributed by atoms with Crippen molar-refractivity contribution in [2.24, 2.45) is 0 Å². The fraction of sp³-hybridized carbons (Fsp3) is 0.600. The maximum Gasteiger partial charge on any atom is 0.247 e. The van der Waals surface area contributed by atoms with E-state index in [1.165, 1.54) is 13.2 Å². The zero-order chi connectivity index (χ0) is 15.8. The van der Waals surface area contributed by atoms with E-state index in [9.17, 15) is 8.42 Å². The lowest BCUT2D eigenvalue weighted by Crippen LogP contribution is -2.47. The van der Waals surface area contributed by atoms with Crippen LogP contribution in [0.1, 0.15) is 38.7 Å². The zero-order valence-corrected chi connectivity index (χ0v) is 13.9. The SMILES string of the molecule is COc1cc(C)c(N)cc1S(=O)(=O)N1C(C)CCCC1C. The van der Waals surface area contributed by atoms with Crippen molar-refractivity contribution in [1.29, 1.82) is 0 Å². The molecule has 1 fully saturated rings. The molecule has 21 heavy (non-hydrogen) atoms. The molecular formula is C15H24N2O3S. The molecule has 0 spiro atoms. The van der Waals surface area contributed by atoms with Crippen LogP contribution in [-0.4, -0.2) is 31.9 Å². The number of ether oxygens (including phenoxy) is 1. The Morgan fingerprint density at radius 2 is 1.81 bits per heavy atom. The number of rotatable bonds is 3. The van der Waals surface area contributed by atoms with E-state index >= 15 is 0 Å². The van der Waals surface area contributed by atoms with Gasteiger partial charge in [-0.1, -0.05) is 6.42 Å². The molecule has 0 aliphatic carbocycles. The van der Waals surface area contributed by atoms with Crippen LogP contribution in [0.15, 0.2) is 17.0 Å². The summed E-state index contributed by atoms with van der Waals surface area (Å²) < 4.78 is 33.0. The van der Waals surface area contributed by atoms with Gasteiger partial charge < -0.3 is 10.5 Å². The van der Waals surface area contributed by atoms with Gasteiger partial charge in [0.1, 0.15) is 10.6 Å². The van der Waals surface area contributed by atoms with E-state index in [1.54, 1.807) is 10.4 Å². The lowest BCUT2D eigenvalue weighted by Gasteiger charge is -2.38. The summed E-state index contributed by atoms with van der Waals surface area (Å²) in [5, 5.41) is 0. The second kappa shape index (κ2) is 5.85. The Morgan fingerprint density at radius 3 is 2.33 bits per heavy atom. The third kappa shape index (κ3) is 2.87. The van der Waals surface area contributed by atoms with Gasteiger partial charge in [-0.3, -0.25) is 0 Å². The summed E-state index contributed by atoms with van der Waals surface area (Å²) in [4.78, 5) is 0.161. The van der Waals surface area contributed by atoms with Crippen LogP contribution in [-0.2, 0) is 10.0 Å². The predicted molar refractivity (Wildman–Crippen MR) is 83.9 cm³/mol. The molecule has 118 valence electrons. The Labute approximate surface area is 127 Å². The highest BCUT2D eigenvalue weighted by Crippen LogP contribution is 2.35. The number of aryl methyl sites for hydroxylation is 1.